The Kier molecular flexibility index (Phi) is 5.99. The minimum atomic E-state index is 0.193. The number of rotatable bonds is 5. The zero-order chi connectivity index (χ0) is 21.2. The molecular weight excluding hydrogens is 408 g/mol. The van der Waals surface area contributed by atoms with Crippen molar-refractivity contribution in [2.75, 3.05) is 19.6 Å². The molecule has 0 atom stereocenters. The summed E-state index contributed by atoms with van der Waals surface area (Å²) in [5.74, 6) is 0. The lowest BCUT2D eigenvalue weighted by molar-refractivity contribution is 0.171. The number of nitrogens with one attached hydrogen (secondary N) is 1. The van der Waals surface area contributed by atoms with E-state index in [4.69, 9.17) is 11.6 Å². The molecule has 1 saturated heterocycles. The molecule has 0 amide bonds. The molecule has 1 fully saturated rings. The van der Waals surface area contributed by atoms with Crippen LogP contribution in [0.5, 0.6) is 0 Å². The molecule has 0 spiro atoms. The van der Waals surface area contributed by atoms with Gasteiger partial charge < -0.3 is 0 Å². The number of fused-ring (bicyclic) bond motifs is 1. The first kappa shape index (κ1) is 20.6. The van der Waals surface area contributed by atoms with E-state index < -0.39 is 0 Å². The number of H-pyrrole nitrogens is 1. The summed E-state index contributed by atoms with van der Waals surface area (Å²) >= 11 is 6.14. The predicted molar refractivity (Wildman–Crippen MR) is 124 cm³/mol. The Morgan fingerprint density at radius 1 is 0.903 bits per heavy atom. The van der Waals surface area contributed by atoms with Crippen LogP contribution < -0.4 is 5.56 Å². The summed E-state index contributed by atoms with van der Waals surface area (Å²) in [6.45, 7) is 5.58. The lowest BCUT2D eigenvalue weighted by atomic mass is 10.0. The van der Waals surface area contributed by atoms with Crippen molar-refractivity contribution in [3.05, 3.63) is 92.4 Å². The molecule has 2 aliphatic heterocycles. The van der Waals surface area contributed by atoms with E-state index in [1.165, 1.54) is 11.1 Å². The van der Waals surface area contributed by atoms with Gasteiger partial charge in [0.25, 0.3) is 5.56 Å². The van der Waals surface area contributed by atoms with E-state index in [1.54, 1.807) is 0 Å². The average Bonchev–Trinajstić information content (AvgIpc) is 3.11. The van der Waals surface area contributed by atoms with Crippen LogP contribution in [0.1, 0.15) is 41.3 Å². The van der Waals surface area contributed by atoms with Crippen molar-refractivity contribution in [1.82, 2.24) is 19.6 Å². The molecule has 2 aliphatic rings. The highest BCUT2D eigenvalue weighted by atomic mass is 35.5. The fraction of sp³-hybridized carbons (Fsp3) is 0.400. The molecule has 3 aromatic rings. The minimum absolute atomic E-state index is 0.193. The number of likely N-dealkylation sites (tertiary alicyclic amines) is 1. The molecule has 0 unspecified atom stereocenters. The largest absolute Gasteiger partial charge is 0.299 e. The van der Waals surface area contributed by atoms with E-state index in [9.17, 15) is 4.79 Å². The zero-order valence-corrected chi connectivity index (χ0v) is 18.5. The van der Waals surface area contributed by atoms with Gasteiger partial charge in [-0.3, -0.25) is 19.7 Å². The van der Waals surface area contributed by atoms with Crippen molar-refractivity contribution >= 4 is 11.6 Å². The molecule has 0 bridgehead atoms. The highest BCUT2D eigenvalue weighted by Crippen LogP contribution is 2.24. The van der Waals surface area contributed by atoms with E-state index in [-0.39, 0.29) is 11.6 Å². The molecule has 5 nitrogen and oxygen atoms in total. The van der Waals surface area contributed by atoms with Crippen LogP contribution in [0.3, 0.4) is 0 Å². The van der Waals surface area contributed by atoms with E-state index in [0.29, 0.717) is 0 Å². The van der Waals surface area contributed by atoms with Crippen LogP contribution in [0.4, 0.5) is 0 Å². The van der Waals surface area contributed by atoms with Crippen molar-refractivity contribution in [2.45, 2.75) is 44.9 Å². The fourth-order valence-electron chi connectivity index (χ4n) is 4.96. The molecular formula is C25H29ClN4O. The van der Waals surface area contributed by atoms with Gasteiger partial charge in [0.1, 0.15) is 0 Å². The molecule has 1 aromatic heterocycles. The van der Waals surface area contributed by atoms with Crippen LogP contribution in [0.25, 0.3) is 0 Å². The van der Waals surface area contributed by atoms with Gasteiger partial charge in [0.2, 0.25) is 0 Å². The van der Waals surface area contributed by atoms with Gasteiger partial charge in [0, 0.05) is 49.9 Å². The van der Waals surface area contributed by atoms with Gasteiger partial charge in [-0.1, -0.05) is 54.1 Å². The van der Waals surface area contributed by atoms with Gasteiger partial charge in [-0.2, -0.15) is 0 Å². The quantitative estimate of drug-likeness (QED) is 0.651. The van der Waals surface area contributed by atoms with Crippen molar-refractivity contribution in [2.24, 2.45) is 0 Å². The average molecular weight is 437 g/mol. The molecule has 162 valence electrons. The number of halogens is 1. The topological polar surface area (TPSA) is 44.3 Å². The molecule has 2 aromatic carbocycles. The van der Waals surface area contributed by atoms with Gasteiger partial charge in [-0.15, -0.1) is 0 Å². The second-order valence-electron chi connectivity index (χ2n) is 8.83. The number of aromatic amines is 1. The summed E-state index contributed by atoms with van der Waals surface area (Å²) in [5, 5.41) is 4.25. The van der Waals surface area contributed by atoms with Crippen LogP contribution in [0, 0.1) is 0 Å². The first-order chi connectivity index (χ1) is 15.2. The summed E-state index contributed by atoms with van der Waals surface area (Å²) in [6, 6.07) is 18.9. The standard InChI is InChI=1S/C25H29ClN4O/c26-21-8-4-7-20(15-21)17-29-14-11-23-24(18-29)27-30(25(23)31)22-9-12-28(13-10-22)16-19-5-2-1-3-6-19/h1-8,15,22,27H,9-14,16-18H2. The first-order valence-corrected chi connectivity index (χ1v) is 11.6. The highest BCUT2D eigenvalue weighted by molar-refractivity contribution is 6.30. The van der Waals surface area contributed by atoms with Gasteiger partial charge >= 0.3 is 0 Å². The molecule has 6 heteroatoms. The third-order valence-corrected chi connectivity index (χ3v) is 6.86. The summed E-state index contributed by atoms with van der Waals surface area (Å²) in [4.78, 5) is 18.0. The molecule has 5 rings (SSSR count). The van der Waals surface area contributed by atoms with Crippen molar-refractivity contribution in [3.63, 3.8) is 0 Å². The Hall–Kier alpha value is -2.34. The summed E-state index contributed by atoms with van der Waals surface area (Å²) in [5.41, 5.74) is 4.83. The third-order valence-electron chi connectivity index (χ3n) is 6.62. The molecule has 0 radical (unpaired) electrons. The zero-order valence-electron chi connectivity index (χ0n) is 17.8. The van der Waals surface area contributed by atoms with Crippen molar-refractivity contribution < 1.29 is 0 Å². The molecule has 0 aliphatic carbocycles. The second-order valence-corrected chi connectivity index (χ2v) is 9.26. The summed E-state index contributed by atoms with van der Waals surface area (Å²) in [6.07, 6.45) is 2.84. The number of nitrogens with zero attached hydrogens (tertiary/aromatic N) is 3. The number of benzene rings is 2. The van der Waals surface area contributed by atoms with E-state index in [2.05, 4.69) is 51.3 Å². The number of aromatic nitrogens is 2. The third kappa shape index (κ3) is 4.64. The Bertz CT molecular complexity index is 1080. The Balaban J connectivity index is 1.22. The van der Waals surface area contributed by atoms with Crippen LogP contribution in [0.15, 0.2) is 59.4 Å². The van der Waals surface area contributed by atoms with Gasteiger partial charge in [0.15, 0.2) is 0 Å². The number of piperidine rings is 1. The second kappa shape index (κ2) is 9.03. The van der Waals surface area contributed by atoms with E-state index in [1.807, 2.05) is 22.9 Å². The minimum Gasteiger partial charge on any atom is -0.299 e. The number of hydrogen-bond donors (Lipinski definition) is 1. The normalized spacial score (nSPS) is 18.2. The maximum Gasteiger partial charge on any atom is 0.270 e. The molecule has 0 saturated carbocycles. The first-order valence-electron chi connectivity index (χ1n) is 11.2. The monoisotopic (exact) mass is 436 g/mol. The van der Waals surface area contributed by atoms with Gasteiger partial charge in [0.05, 0.1) is 11.7 Å². The Morgan fingerprint density at radius 3 is 2.42 bits per heavy atom. The van der Waals surface area contributed by atoms with Gasteiger partial charge in [-0.25, -0.2) is 4.68 Å². The smallest absolute Gasteiger partial charge is 0.270 e. The SMILES string of the molecule is O=c1c2c([nH]n1C1CCN(Cc3ccccc3)CC1)CN(Cc1cccc(Cl)c1)CC2. The van der Waals surface area contributed by atoms with E-state index in [0.717, 1.165) is 74.8 Å². The van der Waals surface area contributed by atoms with Gasteiger partial charge in [-0.05, 0) is 42.5 Å². The fourth-order valence-corrected chi connectivity index (χ4v) is 5.18. The maximum absolute atomic E-state index is 13.1. The van der Waals surface area contributed by atoms with Crippen LogP contribution in [0.2, 0.25) is 5.02 Å². The Labute approximate surface area is 188 Å². The lowest BCUT2D eigenvalue weighted by Gasteiger charge is -2.32. The van der Waals surface area contributed by atoms with Crippen LogP contribution >= 0.6 is 11.6 Å². The van der Waals surface area contributed by atoms with Crippen LogP contribution in [-0.4, -0.2) is 39.2 Å². The highest BCUT2D eigenvalue weighted by Gasteiger charge is 2.27. The lowest BCUT2D eigenvalue weighted by Crippen LogP contribution is -2.37. The predicted octanol–water partition coefficient (Wildman–Crippen LogP) is 4.23. The molecule has 3 heterocycles. The van der Waals surface area contributed by atoms with E-state index >= 15 is 0 Å². The van der Waals surface area contributed by atoms with Crippen LogP contribution in [-0.2, 0) is 26.1 Å². The molecule has 1 N–H and O–H groups in total. The maximum atomic E-state index is 13.1. The van der Waals surface area contributed by atoms with Crippen molar-refractivity contribution in [1.29, 1.82) is 0 Å². The summed E-state index contributed by atoms with van der Waals surface area (Å²) in [7, 11) is 0. The molecule has 31 heavy (non-hydrogen) atoms. The summed E-state index contributed by atoms with van der Waals surface area (Å²) < 4.78 is 1.92. The number of hydrogen-bond acceptors (Lipinski definition) is 3. The van der Waals surface area contributed by atoms with Crippen molar-refractivity contribution in [3.8, 4) is 0 Å². The Morgan fingerprint density at radius 2 is 1.65 bits per heavy atom.